The zero-order valence-corrected chi connectivity index (χ0v) is 10.9. The van der Waals surface area contributed by atoms with Crippen LogP contribution in [0.1, 0.15) is 35.4 Å². The molecule has 0 spiro atoms. The molecule has 1 aliphatic heterocycles. The van der Waals surface area contributed by atoms with Crippen molar-refractivity contribution in [1.82, 2.24) is 4.90 Å². The van der Waals surface area contributed by atoms with E-state index in [1.54, 1.807) is 0 Å². The first-order valence-electron chi connectivity index (χ1n) is 6.29. The summed E-state index contributed by atoms with van der Waals surface area (Å²) < 4.78 is 0. The van der Waals surface area contributed by atoms with Crippen LogP contribution in [0.25, 0.3) is 0 Å². The van der Waals surface area contributed by atoms with Gasteiger partial charge >= 0.3 is 0 Å². The SMILES string of the molecule is Cc1ccc(CN2CCCCC2CCN)s1. The standard InChI is InChI=1S/C13H22N2S/c1-11-5-6-13(16-11)10-15-9-3-2-4-12(15)7-8-14/h5-6,12H,2-4,7-10,14H2,1H3. The van der Waals surface area contributed by atoms with E-state index in [1.807, 2.05) is 11.3 Å². The number of rotatable bonds is 4. The first-order valence-corrected chi connectivity index (χ1v) is 7.10. The molecule has 1 unspecified atom stereocenters. The van der Waals surface area contributed by atoms with Gasteiger partial charge in [0.1, 0.15) is 0 Å². The number of likely N-dealkylation sites (tertiary alicyclic amines) is 1. The minimum Gasteiger partial charge on any atom is -0.330 e. The Labute approximate surface area is 102 Å². The lowest BCUT2D eigenvalue weighted by Crippen LogP contribution is -2.39. The first-order chi connectivity index (χ1) is 7.79. The van der Waals surface area contributed by atoms with Crippen LogP contribution in [-0.2, 0) is 6.54 Å². The minimum absolute atomic E-state index is 0.723. The lowest BCUT2D eigenvalue weighted by molar-refractivity contribution is 0.135. The van der Waals surface area contributed by atoms with Crippen LogP contribution in [0, 0.1) is 6.92 Å². The van der Waals surface area contributed by atoms with Crippen molar-refractivity contribution in [2.75, 3.05) is 13.1 Å². The maximum absolute atomic E-state index is 5.70. The summed E-state index contributed by atoms with van der Waals surface area (Å²) in [6.45, 7) is 5.39. The summed E-state index contributed by atoms with van der Waals surface area (Å²) in [6.07, 6.45) is 5.22. The van der Waals surface area contributed by atoms with Gasteiger partial charge in [0.2, 0.25) is 0 Å². The van der Waals surface area contributed by atoms with E-state index in [0.717, 1.165) is 25.6 Å². The molecule has 2 N–H and O–H groups in total. The van der Waals surface area contributed by atoms with E-state index in [1.165, 1.54) is 35.6 Å². The highest BCUT2D eigenvalue weighted by Gasteiger charge is 2.21. The Hall–Kier alpha value is -0.380. The van der Waals surface area contributed by atoms with Crippen molar-refractivity contribution in [3.05, 3.63) is 21.9 Å². The van der Waals surface area contributed by atoms with E-state index < -0.39 is 0 Å². The van der Waals surface area contributed by atoms with E-state index in [-0.39, 0.29) is 0 Å². The summed E-state index contributed by atoms with van der Waals surface area (Å²) in [7, 11) is 0. The molecule has 2 heterocycles. The van der Waals surface area contributed by atoms with Crippen LogP contribution in [0.3, 0.4) is 0 Å². The average Bonchev–Trinajstić information content (AvgIpc) is 2.67. The molecule has 1 aromatic heterocycles. The van der Waals surface area contributed by atoms with Gasteiger partial charge in [-0.3, -0.25) is 4.90 Å². The number of thiophene rings is 1. The van der Waals surface area contributed by atoms with Crippen LogP contribution in [-0.4, -0.2) is 24.0 Å². The van der Waals surface area contributed by atoms with E-state index in [2.05, 4.69) is 24.0 Å². The first kappa shape index (κ1) is 12.1. The van der Waals surface area contributed by atoms with Gasteiger partial charge in [-0.2, -0.15) is 0 Å². The highest BCUT2D eigenvalue weighted by molar-refractivity contribution is 7.11. The van der Waals surface area contributed by atoms with Crippen LogP contribution < -0.4 is 5.73 Å². The zero-order valence-electron chi connectivity index (χ0n) is 10.1. The molecular weight excluding hydrogens is 216 g/mol. The molecule has 1 fully saturated rings. The van der Waals surface area contributed by atoms with Gasteiger partial charge in [-0.05, 0) is 51.4 Å². The summed E-state index contributed by atoms with van der Waals surface area (Å²) in [4.78, 5) is 5.55. The second-order valence-corrected chi connectivity index (χ2v) is 6.08. The Bertz CT molecular complexity index is 319. The summed E-state index contributed by atoms with van der Waals surface area (Å²) in [5.74, 6) is 0. The van der Waals surface area contributed by atoms with Crippen LogP contribution in [0.5, 0.6) is 0 Å². The van der Waals surface area contributed by atoms with Gasteiger partial charge in [0.25, 0.3) is 0 Å². The molecule has 2 nitrogen and oxygen atoms in total. The summed E-state index contributed by atoms with van der Waals surface area (Å²) >= 11 is 1.93. The van der Waals surface area contributed by atoms with Gasteiger partial charge < -0.3 is 5.73 Å². The maximum Gasteiger partial charge on any atom is 0.0330 e. The van der Waals surface area contributed by atoms with E-state index in [0.29, 0.717) is 0 Å². The molecule has 0 saturated carbocycles. The molecule has 90 valence electrons. The van der Waals surface area contributed by atoms with Crippen molar-refractivity contribution in [1.29, 1.82) is 0 Å². The lowest BCUT2D eigenvalue weighted by Gasteiger charge is -2.35. The van der Waals surface area contributed by atoms with Gasteiger partial charge in [-0.1, -0.05) is 6.42 Å². The Kier molecular flexibility index (Phi) is 4.38. The molecule has 0 radical (unpaired) electrons. The van der Waals surface area contributed by atoms with Crippen molar-refractivity contribution < 1.29 is 0 Å². The number of piperidine rings is 1. The number of aryl methyl sites for hydroxylation is 1. The van der Waals surface area contributed by atoms with Crippen molar-refractivity contribution in [3.8, 4) is 0 Å². The third-order valence-electron chi connectivity index (χ3n) is 3.40. The van der Waals surface area contributed by atoms with E-state index >= 15 is 0 Å². The molecule has 3 heteroatoms. The number of hydrogen-bond acceptors (Lipinski definition) is 3. The Morgan fingerprint density at radius 1 is 1.44 bits per heavy atom. The predicted octanol–water partition coefficient (Wildman–Crippen LogP) is 2.76. The van der Waals surface area contributed by atoms with Crippen molar-refractivity contribution in [3.63, 3.8) is 0 Å². The molecule has 2 rings (SSSR count). The summed E-state index contributed by atoms with van der Waals surface area (Å²) in [5, 5.41) is 0. The molecule has 16 heavy (non-hydrogen) atoms. The largest absolute Gasteiger partial charge is 0.330 e. The van der Waals surface area contributed by atoms with Crippen LogP contribution in [0.15, 0.2) is 12.1 Å². The molecular formula is C13H22N2S. The molecule has 0 bridgehead atoms. The Morgan fingerprint density at radius 3 is 3.00 bits per heavy atom. The molecule has 0 aliphatic carbocycles. The van der Waals surface area contributed by atoms with Gasteiger partial charge in [0.05, 0.1) is 0 Å². The number of nitrogens with two attached hydrogens (primary N) is 1. The van der Waals surface area contributed by atoms with Gasteiger partial charge in [0.15, 0.2) is 0 Å². The van der Waals surface area contributed by atoms with Crippen molar-refractivity contribution in [2.24, 2.45) is 5.73 Å². The lowest BCUT2D eigenvalue weighted by atomic mass is 9.99. The van der Waals surface area contributed by atoms with Gasteiger partial charge in [0, 0.05) is 22.3 Å². The van der Waals surface area contributed by atoms with Crippen molar-refractivity contribution in [2.45, 2.75) is 45.2 Å². The number of hydrogen-bond donors (Lipinski definition) is 1. The highest BCUT2D eigenvalue weighted by Crippen LogP contribution is 2.24. The maximum atomic E-state index is 5.70. The highest BCUT2D eigenvalue weighted by atomic mass is 32.1. The van der Waals surface area contributed by atoms with Crippen LogP contribution in [0.2, 0.25) is 0 Å². The summed E-state index contributed by atoms with van der Waals surface area (Å²) in [6, 6.07) is 5.22. The Balaban J connectivity index is 1.95. The van der Waals surface area contributed by atoms with Crippen LogP contribution >= 0.6 is 11.3 Å². The molecule has 1 atom stereocenters. The molecule has 1 saturated heterocycles. The molecule has 0 aromatic carbocycles. The average molecular weight is 238 g/mol. The molecule has 0 amide bonds. The van der Waals surface area contributed by atoms with E-state index in [9.17, 15) is 0 Å². The van der Waals surface area contributed by atoms with E-state index in [4.69, 9.17) is 5.73 Å². The van der Waals surface area contributed by atoms with Gasteiger partial charge in [-0.15, -0.1) is 11.3 Å². The van der Waals surface area contributed by atoms with Crippen LogP contribution in [0.4, 0.5) is 0 Å². The second-order valence-electron chi connectivity index (χ2n) is 4.71. The summed E-state index contributed by atoms with van der Waals surface area (Å²) in [5.41, 5.74) is 5.70. The molecule has 1 aliphatic rings. The third-order valence-corrected chi connectivity index (χ3v) is 4.39. The smallest absolute Gasteiger partial charge is 0.0330 e. The predicted molar refractivity (Wildman–Crippen MR) is 70.8 cm³/mol. The second kappa shape index (κ2) is 5.80. The molecule has 1 aromatic rings. The fourth-order valence-corrected chi connectivity index (χ4v) is 3.47. The topological polar surface area (TPSA) is 29.3 Å². The fourth-order valence-electron chi connectivity index (χ4n) is 2.56. The Morgan fingerprint density at radius 2 is 2.31 bits per heavy atom. The quantitative estimate of drug-likeness (QED) is 0.874. The normalized spacial score (nSPS) is 22.5. The van der Waals surface area contributed by atoms with Crippen molar-refractivity contribution >= 4 is 11.3 Å². The number of nitrogens with zero attached hydrogens (tertiary/aromatic N) is 1. The van der Waals surface area contributed by atoms with Gasteiger partial charge in [-0.25, -0.2) is 0 Å². The zero-order chi connectivity index (χ0) is 11.4. The fraction of sp³-hybridized carbons (Fsp3) is 0.692. The monoisotopic (exact) mass is 238 g/mol. The third kappa shape index (κ3) is 3.06. The minimum atomic E-state index is 0.723.